The number of carbonyl (C=O) groups excluding carboxylic acids is 1. The van der Waals surface area contributed by atoms with Crippen LogP contribution in [0.15, 0.2) is 42.6 Å². The Balaban J connectivity index is 1.69. The van der Waals surface area contributed by atoms with E-state index in [2.05, 4.69) is 10.4 Å². The number of aromatic nitrogens is 2. The number of halogens is 1. The maximum Gasteiger partial charge on any atom is 0.293 e. The van der Waals surface area contributed by atoms with Gasteiger partial charge in [-0.25, -0.2) is 4.68 Å². The van der Waals surface area contributed by atoms with Crippen LogP contribution in [0.1, 0.15) is 27.2 Å². The highest BCUT2D eigenvalue weighted by Crippen LogP contribution is 2.27. The Kier molecular flexibility index (Phi) is 5.84. The van der Waals surface area contributed by atoms with E-state index in [0.29, 0.717) is 10.8 Å². The molecular formula is C20H19ClN4O4. The van der Waals surface area contributed by atoms with Crippen molar-refractivity contribution in [3.8, 4) is 5.75 Å². The van der Waals surface area contributed by atoms with Crippen molar-refractivity contribution in [1.82, 2.24) is 9.78 Å². The van der Waals surface area contributed by atoms with E-state index in [4.69, 9.17) is 16.3 Å². The molecule has 2 aromatic carbocycles. The first-order valence-corrected chi connectivity index (χ1v) is 9.12. The second kappa shape index (κ2) is 8.32. The Hall–Kier alpha value is -3.39. The van der Waals surface area contributed by atoms with Gasteiger partial charge in [0.15, 0.2) is 12.4 Å². The fourth-order valence-corrected chi connectivity index (χ4v) is 2.88. The van der Waals surface area contributed by atoms with E-state index in [1.54, 1.807) is 19.2 Å². The van der Waals surface area contributed by atoms with Gasteiger partial charge in [-0.2, -0.15) is 5.10 Å². The molecular weight excluding hydrogens is 396 g/mol. The van der Waals surface area contributed by atoms with Gasteiger partial charge in [0, 0.05) is 17.3 Å². The SMILES string of the molecule is Cc1ccc(NC(=O)c2ccn(COc3cc(C)c(Cl)c(C)c3)n2)c([N+](=O)[O-])c1. The Bertz CT molecular complexity index is 1070. The Morgan fingerprint density at radius 1 is 1.21 bits per heavy atom. The highest BCUT2D eigenvalue weighted by molar-refractivity contribution is 6.32. The van der Waals surface area contributed by atoms with Gasteiger partial charge < -0.3 is 10.1 Å². The number of hydrogen-bond acceptors (Lipinski definition) is 5. The molecule has 0 fully saturated rings. The molecule has 29 heavy (non-hydrogen) atoms. The molecule has 3 rings (SSSR count). The zero-order valence-corrected chi connectivity index (χ0v) is 16.9. The maximum atomic E-state index is 12.4. The van der Waals surface area contributed by atoms with E-state index in [0.717, 1.165) is 16.7 Å². The van der Waals surface area contributed by atoms with Crippen molar-refractivity contribution < 1.29 is 14.5 Å². The van der Waals surface area contributed by atoms with E-state index in [9.17, 15) is 14.9 Å². The summed E-state index contributed by atoms with van der Waals surface area (Å²) in [6.45, 7) is 5.62. The second-order valence-electron chi connectivity index (χ2n) is 6.62. The zero-order chi connectivity index (χ0) is 21.1. The summed E-state index contributed by atoms with van der Waals surface area (Å²) in [7, 11) is 0. The van der Waals surface area contributed by atoms with Crippen molar-refractivity contribution >= 4 is 28.9 Å². The monoisotopic (exact) mass is 414 g/mol. The maximum absolute atomic E-state index is 12.4. The first-order chi connectivity index (χ1) is 13.7. The van der Waals surface area contributed by atoms with Crippen molar-refractivity contribution in [1.29, 1.82) is 0 Å². The largest absolute Gasteiger partial charge is 0.471 e. The smallest absolute Gasteiger partial charge is 0.293 e. The van der Waals surface area contributed by atoms with Crippen LogP contribution < -0.4 is 10.1 Å². The number of amides is 1. The lowest BCUT2D eigenvalue weighted by atomic mass is 10.1. The number of ether oxygens (including phenoxy) is 1. The fraction of sp³-hybridized carbons (Fsp3) is 0.200. The summed E-state index contributed by atoms with van der Waals surface area (Å²) in [5, 5.41) is 18.6. The van der Waals surface area contributed by atoms with Gasteiger partial charge in [-0.15, -0.1) is 0 Å². The van der Waals surface area contributed by atoms with Crippen molar-refractivity contribution in [2.45, 2.75) is 27.5 Å². The van der Waals surface area contributed by atoms with Crippen LogP contribution in [0.5, 0.6) is 5.75 Å². The van der Waals surface area contributed by atoms with Gasteiger partial charge in [-0.3, -0.25) is 14.9 Å². The van der Waals surface area contributed by atoms with Crippen LogP contribution in [0.2, 0.25) is 5.02 Å². The lowest BCUT2D eigenvalue weighted by Gasteiger charge is -2.10. The molecule has 3 aromatic rings. The van der Waals surface area contributed by atoms with E-state index in [1.165, 1.54) is 22.9 Å². The summed E-state index contributed by atoms with van der Waals surface area (Å²) in [6, 6.07) is 9.74. The molecule has 0 unspecified atom stereocenters. The molecule has 0 spiro atoms. The minimum Gasteiger partial charge on any atom is -0.471 e. The predicted molar refractivity (Wildman–Crippen MR) is 110 cm³/mol. The van der Waals surface area contributed by atoms with Crippen LogP contribution in [-0.2, 0) is 6.73 Å². The van der Waals surface area contributed by atoms with Gasteiger partial charge in [-0.1, -0.05) is 17.7 Å². The lowest BCUT2D eigenvalue weighted by Crippen LogP contribution is -2.15. The highest BCUT2D eigenvalue weighted by Gasteiger charge is 2.18. The normalized spacial score (nSPS) is 10.6. The summed E-state index contributed by atoms with van der Waals surface area (Å²) < 4.78 is 7.16. The number of aryl methyl sites for hydroxylation is 3. The minimum absolute atomic E-state index is 0.0957. The van der Waals surface area contributed by atoms with Crippen LogP contribution in [0, 0.1) is 30.9 Å². The molecule has 1 heterocycles. The van der Waals surface area contributed by atoms with Crippen molar-refractivity contribution in [2.24, 2.45) is 0 Å². The summed E-state index contributed by atoms with van der Waals surface area (Å²) in [5.41, 5.74) is 2.60. The Labute approximate surface area is 172 Å². The number of hydrogen-bond donors (Lipinski definition) is 1. The van der Waals surface area contributed by atoms with E-state index >= 15 is 0 Å². The summed E-state index contributed by atoms with van der Waals surface area (Å²) >= 11 is 6.15. The highest BCUT2D eigenvalue weighted by atomic mass is 35.5. The number of nitro groups is 1. The van der Waals surface area contributed by atoms with Gasteiger partial charge in [0.25, 0.3) is 11.6 Å². The van der Waals surface area contributed by atoms with Gasteiger partial charge in [-0.05, 0) is 61.7 Å². The Morgan fingerprint density at radius 2 is 1.90 bits per heavy atom. The number of nitrogens with one attached hydrogen (secondary N) is 1. The van der Waals surface area contributed by atoms with E-state index in [1.807, 2.05) is 26.0 Å². The molecule has 0 aliphatic heterocycles. The molecule has 0 atom stereocenters. The third-order valence-corrected chi connectivity index (χ3v) is 4.84. The van der Waals surface area contributed by atoms with Crippen molar-refractivity contribution in [3.05, 3.63) is 80.1 Å². The molecule has 0 saturated carbocycles. The average molecular weight is 415 g/mol. The van der Waals surface area contributed by atoms with E-state index < -0.39 is 10.8 Å². The van der Waals surface area contributed by atoms with E-state index in [-0.39, 0.29) is 23.8 Å². The number of anilines is 1. The zero-order valence-electron chi connectivity index (χ0n) is 16.1. The summed E-state index contributed by atoms with van der Waals surface area (Å²) in [5.74, 6) is 0.0927. The lowest BCUT2D eigenvalue weighted by molar-refractivity contribution is -0.384. The minimum atomic E-state index is -0.547. The van der Waals surface area contributed by atoms with Gasteiger partial charge in [0.05, 0.1) is 4.92 Å². The van der Waals surface area contributed by atoms with Gasteiger partial charge >= 0.3 is 0 Å². The van der Waals surface area contributed by atoms with Gasteiger partial charge in [0.2, 0.25) is 0 Å². The molecule has 1 N–H and O–H groups in total. The first kappa shape index (κ1) is 20.3. The molecule has 8 nitrogen and oxygen atoms in total. The fourth-order valence-electron chi connectivity index (χ4n) is 2.77. The number of nitro benzene ring substituents is 1. The summed E-state index contributed by atoms with van der Waals surface area (Å²) in [6.07, 6.45) is 1.59. The standard InChI is InChI=1S/C20H19ClN4O4/c1-12-4-5-16(18(8-12)25(27)28)22-20(26)17-6-7-24(23-17)11-29-15-9-13(2)19(21)14(3)10-15/h4-10H,11H2,1-3H3,(H,22,26). The molecule has 0 bridgehead atoms. The first-order valence-electron chi connectivity index (χ1n) is 8.74. The second-order valence-corrected chi connectivity index (χ2v) is 6.99. The molecule has 0 radical (unpaired) electrons. The third-order valence-electron chi connectivity index (χ3n) is 4.24. The molecule has 0 aliphatic rings. The van der Waals surface area contributed by atoms with Crippen LogP contribution in [0.3, 0.4) is 0 Å². The topological polar surface area (TPSA) is 99.3 Å². The molecule has 0 aliphatic carbocycles. The molecule has 150 valence electrons. The average Bonchev–Trinajstić information content (AvgIpc) is 3.14. The third kappa shape index (κ3) is 4.72. The van der Waals surface area contributed by atoms with Crippen LogP contribution in [0.4, 0.5) is 11.4 Å². The van der Waals surface area contributed by atoms with Crippen molar-refractivity contribution in [2.75, 3.05) is 5.32 Å². The number of rotatable bonds is 6. The molecule has 1 amide bonds. The van der Waals surface area contributed by atoms with Crippen LogP contribution in [0.25, 0.3) is 0 Å². The van der Waals surface area contributed by atoms with Crippen molar-refractivity contribution in [3.63, 3.8) is 0 Å². The molecule has 1 aromatic heterocycles. The number of carbonyl (C=O) groups is 1. The number of nitrogens with zero attached hydrogens (tertiary/aromatic N) is 3. The van der Waals surface area contributed by atoms with Gasteiger partial charge in [0.1, 0.15) is 11.4 Å². The molecule has 9 heteroatoms. The Morgan fingerprint density at radius 3 is 2.55 bits per heavy atom. The molecule has 0 saturated heterocycles. The quantitative estimate of drug-likeness (QED) is 0.467. The van der Waals surface area contributed by atoms with Crippen LogP contribution in [-0.4, -0.2) is 20.6 Å². The summed E-state index contributed by atoms with van der Waals surface area (Å²) in [4.78, 5) is 23.1. The predicted octanol–water partition coefficient (Wildman–Crippen LogP) is 4.66. The number of benzene rings is 2. The van der Waals surface area contributed by atoms with Crippen LogP contribution >= 0.6 is 11.6 Å².